The van der Waals surface area contributed by atoms with Crippen LogP contribution in [-0.4, -0.2) is 42.2 Å². The van der Waals surface area contributed by atoms with Gasteiger partial charge in [0.1, 0.15) is 25.4 Å². The van der Waals surface area contributed by atoms with Gasteiger partial charge in [-0.2, -0.15) is 0 Å². The van der Waals surface area contributed by atoms with Gasteiger partial charge in [-0.3, -0.25) is 4.79 Å². The minimum atomic E-state index is -0.0298. The maximum Gasteiger partial charge on any atom is 0.227 e. The van der Waals surface area contributed by atoms with Crippen LogP contribution in [0.25, 0.3) is 11.3 Å². The van der Waals surface area contributed by atoms with Crippen LogP contribution in [0, 0.1) is 12.8 Å². The number of amides is 1. The number of carbonyl (C=O) groups is 1. The van der Waals surface area contributed by atoms with E-state index < -0.39 is 0 Å². The topological polar surface area (TPSA) is 76.6 Å². The number of nitrogens with zero attached hydrogens (tertiary/aromatic N) is 3. The molecule has 2 aliphatic heterocycles. The summed E-state index contributed by atoms with van der Waals surface area (Å²) >= 11 is 0. The van der Waals surface area contributed by atoms with Crippen LogP contribution in [-0.2, 0) is 4.79 Å². The Balaban J connectivity index is 1.20. The number of anilines is 2. The predicted molar refractivity (Wildman–Crippen MR) is 123 cm³/mol. The van der Waals surface area contributed by atoms with Crippen LogP contribution in [0.1, 0.15) is 18.4 Å². The molecule has 3 aromatic rings. The number of aryl methyl sites for hydroxylation is 1. The zero-order valence-electron chi connectivity index (χ0n) is 18.1. The normalized spacial score (nSPS) is 16.0. The van der Waals surface area contributed by atoms with Gasteiger partial charge in [0, 0.05) is 42.4 Å². The highest BCUT2D eigenvalue weighted by atomic mass is 16.6. The first-order chi connectivity index (χ1) is 15.7. The molecule has 7 heteroatoms. The summed E-state index contributed by atoms with van der Waals surface area (Å²) in [4.78, 5) is 24.0. The lowest BCUT2D eigenvalue weighted by molar-refractivity contribution is -0.120. The number of hydrogen-bond donors (Lipinski definition) is 1. The van der Waals surface area contributed by atoms with Crippen LogP contribution < -0.4 is 19.7 Å². The summed E-state index contributed by atoms with van der Waals surface area (Å²) in [6, 6.07) is 15.9. The fourth-order valence-corrected chi connectivity index (χ4v) is 4.14. The second-order valence-corrected chi connectivity index (χ2v) is 8.24. The molecular formula is C25H26N4O3. The van der Waals surface area contributed by atoms with Gasteiger partial charge in [0.05, 0.1) is 5.69 Å². The summed E-state index contributed by atoms with van der Waals surface area (Å²) in [6.45, 7) is 4.71. The van der Waals surface area contributed by atoms with Gasteiger partial charge < -0.3 is 19.7 Å². The summed E-state index contributed by atoms with van der Waals surface area (Å²) in [7, 11) is 0. The Bertz CT molecular complexity index is 1110. The van der Waals surface area contributed by atoms with Crippen molar-refractivity contribution in [3.05, 3.63) is 60.4 Å². The van der Waals surface area contributed by atoms with Crippen molar-refractivity contribution >= 4 is 17.4 Å². The lowest BCUT2D eigenvalue weighted by Crippen LogP contribution is -2.38. The van der Waals surface area contributed by atoms with E-state index in [4.69, 9.17) is 9.47 Å². The van der Waals surface area contributed by atoms with Gasteiger partial charge in [0.25, 0.3) is 0 Å². The zero-order chi connectivity index (χ0) is 21.9. The van der Waals surface area contributed by atoms with Gasteiger partial charge in [0.15, 0.2) is 11.5 Å². The van der Waals surface area contributed by atoms with Crippen molar-refractivity contribution in [3.8, 4) is 22.8 Å². The first kappa shape index (κ1) is 20.3. The van der Waals surface area contributed by atoms with E-state index in [-0.39, 0.29) is 11.8 Å². The summed E-state index contributed by atoms with van der Waals surface area (Å²) in [6.07, 6.45) is 3.17. The van der Waals surface area contributed by atoms with Crippen molar-refractivity contribution in [1.29, 1.82) is 0 Å². The summed E-state index contributed by atoms with van der Waals surface area (Å²) in [5.41, 5.74) is 3.95. The number of piperidine rings is 1. The van der Waals surface area contributed by atoms with Gasteiger partial charge in [-0.05, 0) is 31.9 Å². The Morgan fingerprint density at radius 2 is 1.72 bits per heavy atom. The molecule has 1 amide bonds. The lowest BCUT2D eigenvalue weighted by atomic mass is 9.95. The number of aromatic nitrogens is 2. The lowest BCUT2D eigenvalue weighted by Gasteiger charge is -2.32. The van der Waals surface area contributed by atoms with E-state index in [2.05, 4.69) is 51.4 Å². The maximum atomic E-state index is 12.8. The molecule has 1 fully saturated rings. The third kappa shape index (κ3) is 4.37. The SMILES string of the molecule is Cc1ccc(-c2cc(N3CCC(C(=O)Nc4ccc5c(c4)OCCO5)CC3)ncn2)cc1. The smallest absolute Gasteiger partial charge is 0.227 e. The molecule has 32 heavy (non-hydrogen) atoms. The second-order valence-electron chi connectivity index (χ2n) is 8.24. The highest BCUT2D eigenvalue weighted by Crippen LogP contribution is 2.33. The number of benzene rings is 2. The molecule has 0 atom stereocenters. The first-order valence-electron chi connectivity index (χ1n) is 11.0. The zero-order valence-corrected chi connectivity index (χ0v) is 18.1. The Labute approximate surface area is 187 Å². The maximum absolute atomic E-state index is 12.8. The minimum Gasteiger partial charge on any atom is -0.486 e. The number of ether oxygens (including phenoxy) is 2. The Hall–Kier alpha value is -3.61. The molecule has 5 rings (SSSR count). The standard InChI is InChI=1S/C25H26N4O3/c1-17-2-4-18(5-3-17)21-15-24(27-16-26-21)29-10-8-19(9-11-29)25(30)28-20-6-7-22-23(14-20)32-13-12-31-22/h2-7,14-16,19H,8-13H2,1H3,(H,28,30). The highest BCUT2D eigenvalue weighted by Gasteiger charge is 2.26. The fraction of sp³-hybridized carbons (Fsp3) is 0.320. The van der Waals surface area contributed by atoms with Crippen LogP contribution >= 0.6 is 0 Å². The Kier molecular flexibility index (Phi) is 5.62. The van der Waals surface area contributed by atoms with Gasteiger partial charge >= 0.3 is 0 Å². The molecule has 0 unspecified atom stereocenters. The summed E-state index contributed by atoms with van der Waals surface area (Å²) in [5, 5.41) is 3.03. The van der Waals surface area contributed by atoms with Crippen molar-refractivity contribution in [1.82, 2.24) is 9.97 Å². The van der Waals surface area contributed by atoms with E-state index in [1.54, 1.807) is 6.33 Å². The van der Waals surface area contributed by atoms with E-state index in [0.717, 1.165) is 54.4 Å². The number of fused-ring (bicyclic) bond motifs is 1. The van der Waals surface area contributed by atoms with Gasteiger partial charge in [-0.25, -0.2) is 9.97 Å². The molecule has 0 aliphatic carbocycles. The van der Waals surface area contributed by atoms with Crippen molar-refractivity contribution < 1.29 is 14.3 Å². The highest BCUT2D eigenvalue weighted by molar-refractivity contribution is 5.93. The Morgan fingerprint density at radius 3 is 2.50 bits per heavy atom. The molecule has 164 valence electrons. The third-order valence-corrected chi connectivity index (χ3v) is 6.00. The summed E-state index contributed by atoms with van der Waals surface area (Å²) < 4.78 is 11.1. The van der Waals surface area contributed by atoms with Crippen LogP contribution in [0.5, 0.6) is 11.5 Å². The number of rotatable bonds is 4. The van der Waals surface area contributed by atoms with Crippen LogP contribution in [0.4, 0.5) is 11.5 Å². The molecule has 3 heterocycles. The minimum absolute atomic E-state index is 0.0298. The molecule has 7 nitrogen and oxygen atoms in total. The third-order valence-electron chi connectivity index (χ3n) is 6.00. The molecule has 0 radical (unpaired) electrons. The molecule has 0 saturated carbocycles. The van der Waals surface area contributed by atoms with Crippen molar-refractivity contribution in [2.75, 3.05) is 36.5 Å². The number of carbonyl (C=O) groups excluding carboxylic acids is 1. The first-order valence-corrected chi connectivity index (χ1v) is 11.0. The van der Waals surface area contributed by atoms with Gasteiger partial charge in [-0.1, -0.05) is 29.8 Å². The largest absolute Gasteiger partial charge is 0.486 e. The Morgan fingerprint density at radius 1 is 0.969 bits per heavy atom. The van der Waals surface area contributed by atoms with Crippen molar-refractivity contribution in [3.63, 3.8) is 0 Å². The molecule has 0 bridgehead atoms. The van der Waals surface area contributed by atoms with Gasteiger partial charge in [-0.15, -0.1) is 0 Å². The van der Waals surface area contributed by atoms with Crippen molar-refractivity contribution in [2.45, 2.75) is 19.8 Å². The van der Waals surface area contributed by atoms with E-state index in [1.165, 1.54) is 5.56 Å². The molecule has 1 N–H and O–H groups in total. The quantitative estimate of drug-likeness (QED) is 0.672. The average molecular weight is 431 g/mol. The summed E-state index contributed by atoms with van der Waals surface area (Å²) in [5.74, 6) is 2.32. The molecule has 2 aromatic carbocycles. The van der Waals surface area contributed by atoms with Crippen LogP contribution in [0.15, 0.2) is 54.9 Å². The van der Waals surface area contributed by atoms with E-state index in [9.17, 15) is 4.79 Å². The van der Waals surface area contributed by atoms with E-state index >= 15 is 0 Å². The monoisotopic (exact) mass is 430 g/mol. The molecular weight excluding hydrogens is 404 g/mol. The predicted octanol–water partition coefficient (Wildman–Crippen LogP) is 4.08. The van der Waals surface area contributed by atoms with Crippen molar-refractivity contribution in [2.24, 2.45) is 5.92 Å². The van der Waals surface area contributed by atoms with Crippen LogP contribution in [0.2, 0.25) is 0 Å². The molecule has 0 spiro atoms. The molecule has 1 saturated heterocycles. The number of nitrogens with one attached hydrogen (secondary N) is 1. The van der Waals surface area contributed by atoms with Gasteiger partial charge in [0.2, 0.25) is 5.91 Å². The van der Waals surface area contributed by atoms with E-state index in [0.29, 0.717) is 19.0 Å². The van der Waals surface area contributed by atoms with Crippen LogP contribution in [0.3, 0.4) is 0 Å². The second kappa shape index (κ2) is 8.86. The average Bonchev–Trinajstić information content (AvgIpc) is 2.84. The number of hydrogen-bond acceptors (Lipinski definition) is 6. The molecule has 2 aliphatic rings. The van der Waals surface area contributed by atoms with E-state index in [1.807, 2.05) is 24.3 Å². The fourth-order valence-electron chi connectivity index (χ4n) is 4.14. The molecule has 1 aromatic heterocycles.